The highest BCUT2D eigenvalue weighted by Gasteiger charge is 2.18. The largest absolute Gasteiger partial charge is 0.371 e. The van der Waals surface area contributed by atoms with Crippen LogP contribution in [0, 0.1) is 19.8 Å². The van der Waals surface area contributed by atoms with Gasteiger partial charge in [0.1, 0.15) is 5.69 Å². The molecule has 1 fully saturated rings. The van der Waals surface area contributed by atoms with Crippen LogP contribution in [0.3, 0.4) is 0 Å². The van der Waals surface area contributed by atoms with Gasteiger partial charge in [-0.15, -0.1) is 0 Å². The van der Waals surface area contributed by atoms with Crippen LogP contribution >= 0.6 is 0 Å². The Hall–Kier alpha value is -2.36. The maximum absolute atomic E-state index is 12.6. The highest BCUT2D eigenvalue weighted by molar-refractivity contribution is 6.04. The predicted molar refractivity (Wildman–Crippen MR) is 98.7 cm³/mol. The van der Waals surface area contributed by atoms with Crippen molar-refractivity contribution in [3.05, 3.63) is 53.3 Å². The summed E-state index contributed by atoms with van der Waals surface area (Å²) in [5, 5.41) is 3.01. The lowest BCUT2D eigenvalue weighted by atomic mass is 9.99. The number of benzene rings is 1. The summed E-state index contributed by atoms with van der Waals surface area (Å²) in [6.45, 7) is 8.39. The molecule has 4 nitrogen and oxygen atoms in total. The van der Waals surface area contributed by atoms with E-state index in [0.717, 1.165) is 41.5 Å². The van der Waals surface area contributed by atoms with Crippen LogP contribution in [-0.2, 0) is 0 Å². The van der Waals surface area contributed by atoms with Crippen molar-refractivity contribution in [2.75, 3.05) is 23.3 Å². The average Bonchev–Trinajstić information content (AvgIpc) is 2.59. The number of aromatic nitrogens is 1. The zero-order chi connectivity index (χ0) is 17.1. The number of carbonyl (C=O) groups is 1. The lowest BCUT2D eigenvalue weighted by molar-refractivity contribution is 0.102. The molecule has 1 aliphatic heterocycles. The summed E-state index contributed by atoms with van der Waals surface area (Å²) in [5.41, 5.74) is 4.55. The van der Waals surface area contributed by atoms with Crippen LogP contribution in [0.5, 0.6) is 0 Å². The topological polar surface area (TPSA) is 45.2 Å². The first-order valence-electron chi connectivity index (χ1n) is 8.63. The van der Waals surface area contributed by atoms with Gasteiger partial charge in [-0.25, -0.2) is 0 Å². The number of amides is 1. The van der Waals surface area contributed by atoms with E-state index in [4.69, 9.17) is 0 Å². The van der Waals surface area contributed by atoms with E-state index in [-0.39, 0.29) is 5.91 Å². The highest BCUT2D eigenvalue weighted by atomic mass is 16.1. The lowest BCUT2D eigenvalue weighted by Gasteiger charge is -2.32. The molecule has 4 heteroatoms. The van der Waals surface area contributed by atoms with E-state index in [0.29, 0.717) is 5.69 Å². The van der Waals surface area contributed by atoms with Gasteiger partial charge in [-0.05, 0) is 55.9 Å². The molecular weight excluding hydrogens is 298 g/mol. The maximum atomic E-state index is 12.6. The molecule has 1 amide bonds. The summed E-state index contributed by atoms with van der Waals surface area (Å²) in [5.74, 6) is 0.634. The van der Waals surface area contributed by atoms with Gasteiger partial charge in [0.2, 0.25) is 0 Å². The standard InChI is InChI=1S/C20H25N3O/c1-14-8-11-23(12-9-14)17-7-10-21-18(13-17)20(24)22-19-15(2)5-4-6-16(19)3/h4-7,10,13-14H,8-9,11-12H2,1-3H3,(H,22,24). The number of piperidine rings is 1. The molecule has 1 aromatic heterocycles. The van der Waals surface area contributed by atoms with Crippen molar-refractivity contribution < 1.29 is 4.79 Å². The third kappa shape index (κ3) is 3.58. The minimum Gasteiger partial charge on any atom is -0.371 e. The Morgan fingerprint density at radius 3 is 2.50 bits per heavy atom. The zero-order valence-electron chi connectivity index (χ0n) is 14.7. The Bertz CT molecular complexity index is 713. The third-order valence-electron chi connectivity index (χ3n) is 4.84. The molecule has 2 aromatic rings. The first-order valence-corrected chi connectivity index (χ1v) is 8.63. The molecule has 1 N–H and O–H groups in total. The third-order valence-corrected chi connectivity index (χ3v) is 4.84. The molecule has 3 rings (SSSR count). The Labute approximate surface area is 143 Å². The van der Waals surface area contributed by atoms with Crippen molar-refractivity contribution in [2.24, 2.45) is 5.92 Å². The molecule has 0 saturated carbocycles. The SMILES string of the molecule is Cc1cccc(C)c1NC(=O)c1cc(N2CCC(C)CC2)ccn1. The molecular formula is C20H25N3O. The fourth-order valence-corrected chi connectivity index (χ4v) is 3.20. The molecule has 2 heterocycles. The summed E-state index contributed by atoms with van der Waals surface area (Å²) in [7, 11) is 0. The number of carbonyl (C=O) groups excluding carboxylic acids is 1. The van der Waals surface area contributed by atoms with Crippen LogP contribution in [0.1, 0.15) is 41.4 Å². The van der Waals surface area contributed by atoms with Crippen molar-refractivity contribution in [3.8, 4) is 0 Å². The average molecular weight is 323 g/mol. The Morgan fingerprint density at radius 2 is 1.83 bits per heavy atom. The zero-order valence-corrected chi connectivity index (χ0v) is 14.7. The van der Waals surface area contributed by atoms with Gasteiger partial charge >= 0.3 is 0 Å². The minimum absolute atomic E-state index is 0.153. The summed E-state index contributed by atoms with van der Waals surface area (Å²) >= 11 is 0. The van der Waals surface area contributed by atoms with Gasteiger partial charge in [0.25, 0.3) is 5.91 Å². The number of pyridine rings is 1. The number of hydrogen-bond donors (Lipinski definition) is 1. The van der Waals surface area contributed by atoms with E-state index in [2.05, 4.69) is 22.1 Å². The van der Waals surface area contributed by atoms with E-state index in [1.165, 1.54) is 12.8 Å². The summed E-state index contributed by atoms with van der Waals surface area (Å²) in [6, 6.07) is 9.89. The molecule has 0 bridgehead atoms. The van der Waals surface area contributed by atoms with Crippen molar-refractivity contribution >= 4 is 17.3 Å². The number of rotatable bonds is 3. The highest BCUT2D eigenvalue weighted by Crippen LogP contribution is 2.24. The first kappa shape index (κ1) is 16.5. The van der Waals surface area contributed by atoms with Crippen molar-refractivity contribution in [2.45, 2.75) is 33.6 Å². The molecule has 1 saturated heterocycles. The molecule has 0 spiro atoms. The molecule has 24 heavy (non-hydrogen) atoms. The number of nitrogens with one attached hydrogen (secondary N) is 1. The van der Waals surface area contributed by atoms with Crippen molar-refractivity contribution in [3.63, 3.8) is 0 Å². The van der Waals surface area contributed by atoms with Gasteiger partial charge in [0.15, 0.2) is 0 Å². The Balaban J connectivity index is 1.77. The van der Waals surface area contributed by atoms with Crippen LogP contribution in [0.15, 0.2) is 36.5 Å². The molecule has 1 aromatic carbocycles. The van der Waals surface area contributed by atoms with Crippen LogP contribution in [-0.4, -0.2) is 24.0 Å². The van der Waals surface area contributed by atoms with E-state index in [1.807, 2.05) is 44.2 Å². The van der Waals surface area contributed by atoms with Gasteiger partial charge < -0.3 is 10.2 Å². The molecule has 126 valence electrons. The van der Waals surface area contributed by atoms with Gasteiger partial charge in [-0.1, -0.05) is 25.1 Å². The number of anilines is 2. The fourth-order valence-electron chi connectivity index (χ4n) is 3.20. The smallest absolute Gasteiger partial charge is 0.274 e. The normalized spacial score (nSPS) is 15.4. The predicted octanol–water partition coefficient (Wildman–Crippen LogP) is 4.19. The monoisotopic (exact) mass is 323 g/mol. The first-order chi connectivity index (χ1) is 11.5. The number of nitrogens with zero attached hydrogens (tertiary/aromatic N) is 2. The van der Waals surface area contributed by atoms with E-state index in [9.17, 15) is 4.79 Å². The number of para-hydroxylation sites is 1. The van der Waals surface area contributed by atoms with Crippen LogP contribution < -0.4 is 10.2 Å². The van der Waals surface area contributed by atoms with Crippen LogP contribution in [0.25, 0.3) is 0 Å². The second kappa shape index (κ2) is 7.04. The van der Waals surface area contributed by atoms with Crippen LogP contribution in [0.2, 0.25) is 0 Å². The fraction of sp³-hybridized carbons (Fsp3) is 0.400. The molecule has 0 atom stereocenters. The second-order valence-electron chi connectivity index (χ2n) is 6.79. The van der Waals surface area contributed by atoms with E-state index >= 15 is 0 Å². The second-order valence-corrected chi connectivity index (χ2v) is 6.79. The summed E-state index contributed by atoms with van der Waals surface area (Å²) < 4.78 is 0. The maximum Gasteiger partial charge on any atom is 0.274 e. The minimum atomic E-state index is -0.153. The Morgan fingerprint density at radius 1 is 1.17 bits per heavy atom. The molecule has 1 aliphatic rings. The summed E-state index contributed by atoms with van der Waals surface area (Å²) in [4.78, 5) is 19.2. The van der Waals surface area contributed by atoms with E-state index in [1.54, 1.807) is 6.20 Å². The quantitative estimate of drug-likeness (QED) is 0.921. The van der Waals surface area contributed by atoms with Crippen molar-refractivity contribution in [1.29, 1.82) is 0 Å². The van der Waals surface area contributed by atoms with Gasteiger partial charge in [-0.3, -0.25) is 9.78 Å². The van der Waals surface area contributed by atoms with Gasteiger partial charge in [0, 0.05) is 30.7 Å². The Kier molecular flexibility index (Phi) is 4.84. The molecule has 0 unspecified atom stereocenters. The summed E-state index contributed by atoms with van der Waals surface area (Å²) in [6.07, 6.45) is 4.13. The van der Waals surface area contributed by atoms with Crippen LogP contribution in [0.4, 0.5) is 11.4 Å². The lowest BCUT2D eigenvalue weighted by Crippen LogP contribution is -2.33. The number of hydrogen-bond acceptors (Lipinski definition) is 3. The molecule has 0 aliphatic carbocycles. The van der Waals surface area contributed by atoms with E-state index < -0.39 is 0 Å². The number of aryl methyl sites for hydroxylation is 2. The van der Waals surface area contributed by atoms with Gasteiger partial charge in [0.05, 0.1) is 0 Å². The molecule has 0 radical (unpaired) electrons. The van der Waals surface area contributed by atoms with Crippen molar-refractivity contribution in [1.82, 2.24) is 4.98 Å². The van der Waals surface area contributed by atoms with Gasteiger partial charge in [-0.2, -0.15) is 0 Å².